The number of ether oxygens (including phenoxy) is 2. The van der Waals surface area contributed by atoms with Gasteiger partial charge >= 0.3 is 0 Å². The molecule has 1 aliphatic heterocycles. The molecule has 1 aromatic carbocycles. The van der Waals surface area contributed by atoms with Crippen LogP contribution in [0.1, 0.15) is 36.8 Å². The molecule has 1 aliphatic rings. The number of aliphatic hydroxyl groups is 1. The van der Waals surface area contributed by atoms with Gasteiger partial charge in [0, 0.05) is 35.1 Å². The summed E-state index contributed by atoms with van der Waals surface area (Å²) in [6, 6.07) is 10.1. The third-order valence-corrected chi connectivity index (χ3v) is 6.91. The predicted molar refractivity (Wildman–Crippen MR) is 128 cm³/mol. The van der Waals surface area contributed by atoms with Crippen LogP contribution in [0.25, 0.3) is 21.7 Å². The van der Waals surface area contributed by atoms with E-state index in [0.29, 0.717) is 23.7 Å². The van der Waals surface area contributed by atoms with Crippen molar-refractivity contribution in [3.63, 3.8) is 0 Å². The second kappa shape index (κ2) is 8.64. The largest absolute Gasteiger partial charge is 0.493 e. The zero-order valence-corrected chi connectivity index (χ0v) is 20.1. The van der Waals surface area contributed by atoms with E-state index in [0.717, 1.165) is 33.7 Å². The van der Waals surface area contributed by atoms with Crippen LogP contribution in [-0.2, 0) is 13.0 Å². The van der Waals surface area contributed by atoms with Gasteiger partial charge in [-0.05, 0) is 62.4 Å². The number of thiophene rings is 1. The van der Waals surface area contributed by atoms with Crippen LogP contribution in [0.15, 0.2) is 35.7 Å². The van der Waals surface area contributed by atoms with Gasteiger partial charge in [0.2, 0.25) is 0 Å². The Morgan fingerprint density at radius 1 is 1.22 bits per heavy atom. The summed E-state index contributed by atoms with van der Waals surface area (Å²) in [5, 5.41) is 11.3. The number of hydrogen-bond acceptors (Lipinski definition) is 5. The highest BCUT2D eigenvalue weighted by Crippen LogP contribution is 2.45. The molecule has 6 nitrogen and oxygen atoms in total. The summed E-state index contributed by atoms with van der Waals surface area (Å²) in [5.41, 5.74) is 4.67. The van der Waals surface area contributed by atoms with Crippen molar-refractivity contribution < 1.29 is 19.4 Å². The molecule has 1 N–H and O–H groups in total. The number of carbonyl (C=O) groups is 1. The number of rotatable bonds is 6. The first-order valence-corrected chi connectivity index (χ1v) is 11.6. The van der Waals surface area contributed by atoms with Crippen molar-refractivity contribution in [1.82, 2.24) is 9.47 Å². The Balaban J connectivity index is 1.92. The van der Waals surface area contributed by atoms with E-state index in [1.807, 2.05) is 52.1 Å². The van der Waals surface area contributed by atoms with Crippen molar-refractivity contribution in [3.05, 3.63) is 47.0 Å². The monoisotopic (exact) mass is 454 g/mol. The SMILES string of the molecule is COc1cc2c(cc1OCCO)-c1c(-c3cccs3)cc(C(=O)N(C)C(C)(C)C)n1CC2. The molecule has 0 atom stereocenters. The lowest BCUT2D eigenvalue weighted by atomic mass is 9.95. The second-order valence-electron chi connectivity index (χ2n) is 8.94. The van der Waals surface area contributed by atoms with Crippen molar-refractivity contribution in [2.75, 3.05) is 27.4 Å². The van der Waals surface area contributed by atoms with Gasteiger partial charge in [-0.25, -0.2) is 0 Å². The minimum atomic E-state index is -0.282. The third kappa shape index (κ3) is 3.91. The van der Waals surface area contributed by atoms with Crippen LogP contribution in [0.4, 0.5) is 0 Å². The Hall–Kier alpha value is -2.77. The molecule has 0 bridgehead atoms. The van der Waals surface area contributed by atoms with Crippen LogP contribution >= 0.6 is 11.3 Å². The van der Waals surface area contributed by atoms with Crippen LogP contribution in [0, 0.1) is 0 Å². The molecule has 32 heavy (non-hydrogen) atoms. The van der Waals surface area contributed by atoms with Crippen LogP contribution in [-0.4, -0.2) is 53.4 Å². The van der Waals surface area contributed by atoms with Crippen molar-refractivity contribution in [3.8, 4) is 33.2 Å². The lowest BCUT2D eigenvalue weighted by Crippen LogP contribution is -2.43. The van der Waals surface area contributed by atoms with E-state index in [1.165, 1.54) is 0 Å². The Morgan fingerprint density at radius 2 is 2.00 bits per heavy atom. The van der Waals surface area contributed by atoms with Crippen molar-refractivity contribution >= 4 is 17.2 Å². The molecule has 0 spiro atoms. The Morgan fingerprint density at radius 3 is 2.62 bits per heavy atom. The van der Waals surface area contributed by atoms with Crippen LogP contribution < -0.4 is 9.47 Å². The fourth-order valence-electron chi connectivity index (χ4n) is 4.03. The lowest BCUT2D eigenvalue weighted by molar-refractivity contribution is 0.0644. The summed E-state index contributed by atoms with van der Waals surface area (Å²) in [6.07, 6.45) is 0.789. The van der Waals surface area contributed by atoms with Crippen LogP contribution in [0.2, 0.25) is 0 Å². The van der Waals surface area contributed by atoms with Crippen molar-refractivity contribution in [1.29, 1.82) is 0 Å². The van der Waals surface area contributed by atoms with Gasteiger partial charge in [-0.3, -0.25) is 4.79 Å². The van der Waals surface area contributed by atoms with Gasteiger partial charge in [-0.2, -0.15) is 0 Å². The number of aromatic nitrogens is 1. The molecule has 0 unspecified atom stereocenters. The summed E-state index contributed by atoms with van der Waals surface area (Å²) in [4.78, 5) is 16.4. The Kier molecular flexibility index (Phi) is 6.05. The standard InChI is InChI=1S/C25H30N2O4S/c1-25(2,3)26(4)24(29)19-14-18(22-7-6-12-32-22)23-17-15-21(31-11-10-28)20(30-5)13-16(17)8-9-27(19)23/h6-7,12-15,28H,8-11H2,1-5H3. The van der Waals surface area contributed by atoms with Crippen LogP contribution in [0.3, 0.4) is 0 Å². The van der Waals surface area contributed by atoms with E-state index >= 15 is 0 Å². The maximum Gasteiger partial charge on any atom is 0.270 e. The van der Waals surface area contributed by atoms with Gasteiger partial charge in [-0.1, -0.05) is 6.07 Å². The highest BCUT2D eigenvalue weighted by Gasteiger charge is 2.32. The van der Waals surface area contributed by atoms with E-state index in [9.17, 15) is 9.90 Å². The molecule has 0 saturated carbocycles. The highest BCUT2D eigenvalue weighted by atomic mass is 32.1. The fourth-order valence-corrected chi connectivity index (χ4v) is 4.78. The van der Waals surface area contributed by atoms with E-state index in [1.54, 1.807) is 23.3 Å². The lowest BCUT2D eigenvalue weighted by Gasteiger charge is -2.32. The average Bonchev–Trinajstić information content (AvgIpc) is 3.43. The molecular weight excluding hydrogens is 424 g/mol. The molecule has 2 aromatic heterocycles. The Bertz CT molecular complexity index is 1130. The number of aryl methyl sites for hydroxylation is 1. The maximum atomic E-state index is 13.5. The third-order valence-electron chi connectivity index (χ3n) is 6.01. The molecular formula is C25H30N2O4S. The topological polar surface area (TPSA) is 63.9 Å². The van der Waals surface area contributed by atoms with Gasteiger partial charge in [-0.15, -0.1) is 11.3 Å². The zero-order valence-electron chi connectivity index (χ0n) is 19.3. The molecule has 3 aromatic rings. The van der Waals surface area contributed by atoms with E-state index < -0.39 is 0 Å². The smallest absolute Gasteiger partial charge is 0.270 e. The number of fused-ring (bicyclic) bond motifs is 3. The number of aliphatic hydroxyl groups excluding tert-OH is 1. The minimum absolute atomic E-state index is 0.00951. The van der Waals surface area contributed by atoms with Crippen molar-refractivity contribution in [2.24, 2.45) is 0 Å². The predicted octanol–water partition coefficient (Wildman–Crippen LogP) is 4.69. The molecule has 0 saturated heterocycles. The normalized spacial score (nSPS) is 12.8. The zero-order chi connectivity index (χ0) is 23.0. The minimum Gasteiger partial charge on any atom is -0.493 e. The number of amides is 1. The average molecular weight is 455 g/mol. The van der Waals surface area contributed by atoms with Crippen LogP contribution in [0.5, 0.6) is 11.5 Å². The quantitative estimate of drug-likeness (QED) is 0.587. The highest BCUT2D eigenvalue weighted by molar-refractivity contribution is 7.13. The fraction of sp³-hybridized carbons (Fsp3) is 0.400. The molecule has 1 amide bonds. The number of nitrogens with zero attached hydrogens (tertiary/aromatic N) is 2. The first-order valence-electron chi connectivity index (χ1n) is 10.8. The number of benzene rings is 1. The van der Waals surface area contributed by atoms with Gasteiger partial charge < -0.3 is 24.0 Å². The molecule has 0 fully saturated rings. The van der Waals surface area contributed by atoms with E-state index in [4.69, 9.17) is 9.47 Å². The van der Waals surface area contributed by atoms with Gasteiger partial charge in [0.05, 0.1) is 19.4 Å². The van der Waals surface area contributed by atoms with Gasteiger partial charge in [0.1, 0.15) is 12.3 Å². The molecule has 4 rings (SSSR count). The summed E-state index contributed by atoms with van der Waals surface area (Å²) >= 11 is 1.66. The van der Waals surface area contributed by atoms with Gasteiger partial charge in [0.15, 0.2) is 11.5 Å². The summed E-state index contributed by atoms with van der Waals surface area (Å²) < 4.78 is 13.5. The molecule has 3 heterocycles. The maximum absolute atomic E-state index is 13.5. The van der Waals surface area contributed by atoms with E-state index in [-0.39, 0.29) is 24.7 Å². The van der Waals surface area contributed by atoms with Gasteiger partial charge in [0.25, 0.3) is 5.91 Å². The molecule has 7 heteroatoms. The number of methoxy groups -OCH3 is 1. The first-order chi connectivity index (χ1) is 15.3. The first kappa shape index (κ1) is 22.4. The summed E-state index contributed by atoms with van der Waals surface area (Å²) in [6.45, 7) is 6.95. The number of hydrogen-bond donors (Lipinski definition) is 1. The summed E-state index contributed by atoms with van der Waals surface area (Å²) in [5.74, 6) is 1.25. The molecule has 0 aliphatic carbocycles. The Labute approximate surface area is 193 Å². The molecule has 0 radical (unpaired) electrons. The molecule has 170 valence electrons. The van der Waals surface area contributed by atoms with E-state index in [2.05, 4.69) is 16.0 Å². The second-order valence-corrected chi connectivity index (χ2v) is 9.89. The van der Waals surface area contributed by atoms with Crippen molar-refractivity contribution in [2.45, 2.75) is 39.3 Å². The summed E-state index contributed by atoms with van der Waals surface area (Å²) in [7, 11) is 3.48. The number of carbonyl (C=O) groups excluding carboxylic acids is 1.